The molecule has 5 rings (SSSR count). The molecule has 0 unspecified atom stereocenters. The zero-order valence-corrected chi connectivity index (χ0v) is 14.4. The molecular weight excluding hydrogens is 345 g/mol. The van der Waals surface area contributed by atoms with Crippen LogP contribution in [0.4, 0.5) is 5.69 Å². The number of benzene rings is 1. The van der Waals surface area contributed by atoms with Gasteiger partial charge < -0.3 is 15.0 Å². The summed E-state index contributed by atoms with van der Waals surface area (Å²) in [5, 5.41) is 21.0. The fourth-order valence-corrected chi connectivity index (χ4v) is 3.31. The molecule has 0 spiro atoms. The van der Waals surface area contributed by atoms with E-state index in [1.165, 1.54) is 0 Å². The van der Waals surface area contributed by atoms with Gasteiger partial charge in [-0.3, -0.25) is 4.79 Å². The van der Waals surface area contributed by atoms with Gasteiger partial charge in [-0.15, -0.1) is 5.10 Å². The van der Waals surface area contributed by atoms with Crippen molar-refractivity contribution >= 4 is 24.2 Å². The molecule has 2 aliphatic rings. The summed E-state index contributed by atoms with van der Waals surface area (Å²) in [6, 6.07) is 10.9. The van der Waals surface area contributed by atoms with Crippen molar-refractivity contribution in [2.24, 2.45) is 0 Å². The van der Waals surface area contributed by atoms with Crippen molar-refractivity contribution in [3.63, 3.8) is 0 Å². The Labute approximate surface area is 155 Å². The number of nitrogens with one attached hydrogen (secondary N) is 1. The second kappa shape index (κ2) is 6.29. The molecule has 0 saturated heterocycles. The highest BCUT2D eigenvalue weighted by molar-refractivity contribution is 6.61. The Hall–Kier alpha value is -3.04. The standard InChI is InChI=1S/C18H16BN5O3/c25-18(21-13-7-6-12-10-27-19(26)14(12)9-13)16-17(11-4-5-11)24(23-22-16)15-3-1-2-8-20-15/h1-3,6-9,11,26H,4-5,10H2,(H,21,25). The minimum atomic E-state index is -0.955. The largest absolute Gasteiger partial charge is 0.491 e. The van der Waals surface area contributed by atoms with Gasteiger partial charge in [0.25, 0.3) is 5.91 Å². The third-order valence-corrected chi connectivity index (χ3v) is 4.82. The number of hydrogen-bond donors (Lipinski definition) is 2. The highest BCUT2D eigenvalue weighted by Gasteiger charge is 2.35. The van der Waals surface area contributed by atoms with Gasteiger partial charge in [-0.2, -0.15) is 4.68 Å². The van der Waals surface area contributed by atoms with Crippen molar-refractivity contribution in [1.82, 2.24) is 20.0 Å². The summed E-state index contributed by atoms with van der Waals surface area (Å²) < 4.78 is 6.83. The van der Waals surface area contributed by atoms with Gasteiger partial charge in [0.05, 0.1) is 12.3 Å². The fraction of sp³-hybridized carbons (Fsp3) is 0.222. The van der Waals surface area contributed by atoms with E-state index >= 15 is 0 Å². The Bertz CT molecular complexity index is 1020. The number of hydrogen-bond acceptors (Lipinski definition) is 6. The van der Waals surface area contributed by atoms with Gasteiger partial charge in [0.2, 0.25) is 0 Å². The molecule has 2 aromatic heterocycles. The van der Waals surface area contributed by atoms with Crippen molar-refractivity contribution in [3.05, 3.63) is 59.5 Å². The Morgan fingerprint density at radius 2 is 2.19 bits per heavy atom. The number of amides is 1. The molecule has 1 fully saturated rings. The van der Waals surface area contributed by atoms with E-state index in [1.807, 2.05) is 24.3 Å². The van der Waals surface area contributed by atoms with Crippen molar-refractivity contribution < 1.29 is 14.5 Å². The maximum atomic E-state index is 12.9. The van der Waals surface area contributed by atoms with E-state index in [9.17, 15) is 9.82 Å². The summed E-state index contributed by atoms with van der Waals surface area (Å²) in [6.07, 6.45) is 3.69. The Morgan fingerprint density at radius 3 is 2.96 bits per heavy atom. The van der Waals surface area contributed by atoms with Gasteiger partial charge in [0.1, 0.15) is 0 Å². The minimum Gasteiger partial charge on any atom is -0.423 e. The van der Waals surface area contributed by atoms with E-state index in [1.54, 1.807) is 23.0 Å². The van der Waals surface area contributed by atoms with Gasteiger partial charge in [-0.25, -0.2) is 4.98 Å². The predicted octanol–water partition coefficient (Wildman–Crippen LogP) is 1.01. The average Bonchev–Trinajstić information content (AvgIpc) is 3.33. The average molecular weight is 361 g/mol. The number of nitrogens with zero attached hydrogens (tertiary/aromatic N) is 4. The van der Waals surface area contributed by atoms with Gasteiger partial charge in [-0.1, -0.05) is 17.3 Å². The molecule has 1 aliphatic carbocycles. The first-order valence-electron chi connectivity index (χ1n) is 8.81. The van der Waals surface area contributed by atoms with E-state index in [0.717, 1.165) is 24.1 Å². The Balaban J connectivity index is 1.46. The zero-order valence-electron chi connectivity index (χ0n) is 14.4. The molecular formula is C18H16BN5O3. The van der Waals surface area contributed by atoms with Crippen LogP contribution in [0.15, 0.2) is 42.6 Å². The molecule has 1 amide bonds. The molecule has 0 radical (unpaired) electrons. The van der Waals surface area contributed by atoms with Crippen LogP contribution >= 0.6 is 0 Å². The monoisotopic (exact) mass is 361 g/mol. The highest BCUT2D eigenvalue weighted by Crippen LogP contribution is 2.41. The minimum absolute atomic E-state index is 0.262. The maximum Gasteiger partial charge on any atom is 0.491 e. The van der Waals surface area contributed by atoms with Gasteiger partial charge in [0, 0.05) is 17.8 Å². The molecule has 3 aromatic rings. The molecule has 1 saturated carbocycles. The van der Waals surface area contributed by atoms with Crippen LogP contribution < -0.4 is 10.8 Å². The number of carbonyl (C=O) groups excluding carboxylic acids is 1. The van der Waals surface area contributed by atoms with Crippen LogP contribution in [0.2, 0.25) is 0 Å². The number of carbonyl (C=O) groups is 1. The smallest absolute Gasteiger partial charge is 0.423 e. The predicted molar refractivity (Wildman–Crippen MR) is 97.9 cm³/mol. The third kappa shape index (κ3) is 2.90. The van der Waals surface area contributed by atoms with Crippen molar-refractivity contribution in [2.75, 3.05) is 5.32 Å². The summed E-state index contributed by atoms with van der Waals surface area (Å²) in [5.74, 6) is 0.578. The first kappa shape index (κ1) is 16.2. The maximum absolute atomic E-state index is 12.9. The number of aromatic nitrogens is 4. The molecule has 1 aromatic carbocycles. The summed E-state index contributed by atoms with van der Waals surface area (Å²) in [6.45, 7) is 0.370. The molecule has 0 atom stereocenters. The molecule has 134 valence electrons. The summed E-state index contributed by atoms with van der Waals surface area (Å²) in [4.78, 5) is 17.2. The van der Waals surface area contributed by atoms with E-state index in [-0.39, 0.29) is 11.8 Å². The van der Waals surface area contributed by atoms with Gasteiger partial charge in [0.15, 0.2) is 11.5 Å². The van der Waals surface area contributed by atoms with E-state index in [4.69, 9.17) is 4.65 Å². The molecule has 0 bridgehead atoms. The summed E-state index contributed by atoms with van der Waals surface area (Å²) in [5.41, 5.74) is 3.27. The van der Waals surface area contributed by atoms with E-state index < -0.39 is 7.12 Å². The van der Waals surface area contributed by atoms with Crippen LogP contribution in [0.3, 0.4) is 0 Å². The quantitative estimate of drug-likeness (QED) is 0.673. The number of fused-ring (bicyclic) bond motifs is 1. The second-order valence-corrected chi connectivity index (χ2v) is 6.73. The molecule has 3 heterocycles. The van der Waals surface area contributed by atoms with Crippen LogP contribution in [0, 0.1) is 0 Å². The molecule has 9 heteroatoms. The first-order valence-corrected chi connectivity index (χ1v) is 8.81. The number of pyridine rings is 1. The first-order chi connectivity index (χ1) is 13.2. The van der Waals surface area contributed by atoms with Crippen LogP contribution in [0.1, 0.15) is 40.5 Å². The normalized spacial score (nSPS) is 15.7. The summed E-state index contributed by atoms with van der Waals surface area (Å²) in [7, 11) is -0.955. The SMILES string of the molecule is O=C(Nc1ccc2c(c1)B(O)OC2)c1nnn(-c2ccccn2)c1C1CC1. The lowest BCUT2D eigenvalue weighted by Crippen LogP contribution is -2.28. The van der Waals surface area contributed by atoms with Crippen molar-refractivity contribution in [1.29, 1.82) is 0 Å². The lowest BCUT2D eigenvalue weighted by molar-refractivity contribution is 0.102. The lowest BCUT2D eigenvalue weighted by Gasteiger charge is -2.08. The van der Waals surface area contributed by atoms with E-state index in [2.05, 4.69) is 20.6 Å². The third-order valence-electron chi connectivity index (χ3n) is 4.82. The number of rotatable bonds is 4. The Kier molecular flexibility index (Phi) is 3.77. The van der Waals surface area contributed by atoms with Crippen molar-refractivity contribution in [2.45, 2.75) is 25.4 Å². The molecule has 1 aliphatic heterocycles. The van der Waals surface area contributed by atoms with Gasteiger partial charge in [-0.05, 0) is 48.1 Å². The van der Waals surface area contributed by atoms with Crippen LogP contribution in [0.25, 0.3) is 5.82 Å². The second-order valence-electron chi connectivity index (χ2n) is 6.73. The summed E-state index contributed by atoms with van der Waals surface area (Å²) >= 11 is 0. The Morgan fingerprint density at radius 1 is 1.30 bits per heavy atom. The van der Waals surface area contributed by atoms with Crippen molar-refractivity contribution in [3.8, 4) is 5.82 Å². The topological polar surface area (TPSA) is 102 Å². The lowest BCUT2D eigenvalue weighted by atomic mass is 9.79. The van der Waals surface area contributed by atoms with Crippen LogP contribution in [-0.4, -0.2) is 38.0 Å². The molecule has 27 heavy (non-hydrogen) atoms. The highest BCUT2D eigenvalue weighted by atomic mass is 16.5. The molecule has 8 nitrogen and oxygen atoms in total. The van der Waals surface area contributed by atoms with Crippen LogP contribution in [-0.2, 0) is 11.3 Å². The fourth-order valence-electron chi connectivity index (χ4n) is 3.31. The zero-order chi connectivity index (χ0) is 18.4. The van der Waals surface area contributed by atoms with Crippen LogP contribution in [0.5, 0.6) is 0 Å². The van der Waals surface area contributed by atoms with E-state index in [0.29, 0.717) is 29.3 Å². The van der Waals surface area contributed by atoms with Gasteiger partial charge >= 0.3 is 7.12 Å². The number of anilines is 1. The molecule has 2 N–H and O–H groups in total.